The Labute approximate surface area is 126 Å². The second kappa shape index (κ2) is 7.03. The lowest BCUT2D eigenvalue weighted by molar-refractivity contribution is 0.123. The van der Waals surface area contributed by atoms with Crippen molar-refractivity contribution in [2.75, 3.05) is 19.8 Å². The summed E-state index contributed by atoms with van der Waals surface area (Å²) in [6.07, 6.45) is 3.16. The van der Waals surface area contributed by atoms with Gasteiger partial charge in [-0.1, -0.05) is 0 Å². The van der Waals surface area contributed by atoms with Crippen LogP contribution in [0.2, 0.25) is 0 Å². The molecule has 1 aliphatic carbocycles. The molecule has 0 saturated heterocycles. The maximum Gasteiger partial charge on any atom is 0.240 e. The normalized spacial score (nSPS) is 14.9. The smallest absolute Gasteiger partial charge is 0.240 e. The van der Waals surface area contributed by atoms with Crippen LogP contribution in [0, 0.1) is 24.2 Å². The van der Waals surface area contributed by atoms with Crippen LogP contribution in [0.15, 0.2) is 23.1 Å². The van der Waals surface area contributed by atoms with Crippen molar-refractivity contribution >= 4 is 10.0 Å². The quantitative estimate of drug-likeness (QED) is 0.745. The Kier molecular flexibility index (Phi) is 5.34. The van der Waals surface area contributed by atoms with Crippen molar-refractivity contribution in [2.24, 2.45) is 5.92 Å². The molecule has 1 aromatic rings. The molecule has 0 aromatic heterocycles. The van der Waals surface area contributed by atoms with E-state index in [-0.39, 0.29) is 4.90 Å². The number of aryl methyl sites for hydroxylation is 1. The molecule has 0 radical (unpaired) electrons. The van der Waals surface area contributed by atoms with E-state index in [1.807, 2.05) is 6.07 Å². The molecule has 0 bridgehead atoms. The van der Waals surface area contributed by atoms with Gasteiger partial charge in [-0.25, -0.2) is 13.1 Å². The van der Waals surface area contributed by atoms with Gasteiger partial charge in [0.2, 0.25) is 10.0 Å². The first-order chi connectivity index (χ1) is 10.0. The van der Waals surface area contributed by atoms with Gasteiger partial charge in [-0.05, 0) is 55.9 Å². The van der Waals surface area contributed by atoms with Gasteiger partial charge in [0, 0.05) is 19.8 Å². The molecular formula is C15H20N2O3S. The summed E-state index contributed by atoms with van der Waals surface area (Å²) in [7, 11) is -3.51. The lowest BCUT2D eigenvalue weighted by atomic mass is 10.1. The molecule has 0 heterocycles. The Morgan fingerprint density at radius 3 is 2.81 bits per heavy atom. The third-order valence-electron chi connectivity index (χ3n) is 3.44. The van der Waals surface area contributed by atoms with E-state index < -0.39 is 10.0 Å². The zero-order valence-corrected chi connectivity index (χ0v) is 12.9. The maximum absolute atomic E-state index is 12.1. The van der Waals surface area contributed by atoms with Crippen LogP contribution in [0.25, 0.3) is 0 Å². The van der Waals surface area contributed by atoms with Gasteiger partial charge in [0.05, 0.1) is 16.5 Å². The highest BCUT2D eigenvalue weighted by Gasteiger charge is 2.21. The SMILES string of the molecule is Cc1cc(S(=O)(=O)NCCCOCC2CC2)ccc1C#N. The second-order valence-corrected chi connectivity index (χ2v) is 7.13. The monoisotopic (exact) mass is 308 g/mol. The standard InChI is InChI=1S/C15H20N2O3S/c1-12-9-15(6-5-14(12)10-16)21(18,19)17-7-2-8-20-11-13-3-4-13/h5-6,9,13,17H,2-4,7-8,11H2,1H3. The molecule has 0 unspecified atom stereocenters. The highest BCUT2D eigenvalue weighted by Crippen LogP contribution is 2.28. The Bertz CT molecular complexity index is 631. The Hall–Kier alpha value is -1.42. The number of hydrogen-bond donors (Lipinski definition) is 1. The number of nitriles is 1. The number of nitrogens with one attached hydrogen (secondary N) is 1. The van der Waals surface area contributed by atoms with Gasteiger partial charge in [-0.3, -0.25) is 0 Å². The van der Waals surface area contributed by atoms with Gasteiger partial charge < -0.3 is 4.74 Å². The van der Waals surface area contributed by atoms with Crippen molar-refractivity contribution in [1.82, 2.24) is 4.72 Å². The molecule has 6 heteroatoms. The van der Waals surface area contributed by atoms with Crippen molar-refractivity contribution < 1.29 is 13.2 Å². The molecular weight excluding hydrogens is 288 g/mol. The fraction of sp³-hybridized carbons (Fsp3) is 0.533. The first kappa shape index (κ1) is 16.0. The zero-order chi connectivity index (χ0) is 15.3. The van der Waals surface area contributed by atoms with E-state index in [0.717, 1.165) is 12.5 Å². The fourth-order valence-electron chi connectivity index (χ4n) is 1.93. The number of ether oxygens (including phenoxy) is 1. The molecule has 1 fully saturated rings. The average molecular weight is 308 g/mol. The first-order valence-corrected chi connectivity index (χ1v) is 8.59. The van der Waals surface area contributed by atoms with Gasteiger partial charge in [-0.2, -0.15) is 5.26 Å². The molecule has 0 spiro atoms. The van der Waals surface area contributed by atoms with Crippen molar-refractivity contribution in [2.45, 2.75) is 31.1 Å². The predicted molar refractivity (Wildman–Crippen MR) is 79.2 cm³/mol. The van der Waals surface area contributed by atoms with E-state index in [4.69, 9.17) is 10.00 Å². The lowest BCUT2D eigenvalue weighted by Crippen LogP contribution is -2.25. The third kappa shape index (κ3) is 4.81. The topological polar surface area (TPSA) is 79.2 Å². The van der Waals surface area contributed by atoms with Crippen LogP contribution in [0.5, 0.6) is 0 Å². The summed E-state index contributed by atoms with van der Waals surface area (Å²) < 4.78 is 32.2. The van der Waals surface area contributed by atoms with Gasteiger partial charge in [0.15, 0.2) is 0 Å². The number of sulfonamides is 1. The van der Waals surface area contributed by atoms with Crippen LogP contribution >= 0.6 is 0 Å². The van der Waals surface area contributed by atoms with Gasteiger partial charge >= 0.3 is 0 Å². The van der Waals surface area contributed by atoms with Crippen molar-refractivity contribution in [3.8, 4) is 6.07 Å². The van der Waals surface area contributed by atoms with E-state index in [0.29, 0.717) is 30.7 Å². The van der Waals surface area contributed by atoms with Gasteiger partial charge in [0.1, 0.15) is 0 Å². The minimum Gasteiger partial charge on any atom is -0.381 e. The van der Waals surface area contributed by atoms with E-state index in [1.54, 1.807) is 6.92 Å². The highest BCUT2D eigenvalue weighted by atomic mass is 32.2. The Morgan fingerprint density at radius 1 is 1.43 bits per heavy atom. The maximum atomic E-state index is 12.1. The zero-order valence-electron chi connectivity index (χ0n) is 12.1. The summed E-state index contributed by atoms with van der Waals surface area (Å²) in [5, 5.41) is 8.85. The van der Waals surface area contributed by atoms with Crippen LogP contribution in [0.3, 0.4) is 0 Å². The summed E-state index contributed by atoms with van der Waals surface area (Å²) in [5.74, 6) is 0.725. The molecule has 2 rings (SSSR count). The lowest BCUT2D eigenvalue weighted by Gasteiger charge is -2.08. The largest absolute Gasteiger partial charge is 0.381 e. The summed E-state index contributed by atoms with van der Waals surface area (Å²) in [5.41, 5.74) is 1.15. The van der Waals surface area contributed by atoms with E-state index in [1.165, 1.54) is 31.0 Å². The van der Waals surface area contributed by atoms with Crippen molar-refractivity contribution in [1.29, 1.82) is 5.26 Å². The highest BCUT2D eigenvalue weighted by molar-refractivity contribution is 7.89. The first-order valence-electron chi connectivity index (χ1n) is 7.11. The van der Waals surface area contributed by atoms with E-state index in [9.17, 15) is 8.42 Å². The Morgan fingerprint density at radius 2 is 2.19 bits per heavy atom. The van der Waals surface area contributed by atoms with Crippen LogP contribution in [0.4, 0.5) is 0 Å². The fourth-order valence-corrected chi connectivity index (χ4v) is 3.09. The molecule has 1 saturated carbocycles. The minimum absolute atomic E-state index is 0.192. The molecule has 0 atom stereocenters. The third-order valence-corrected chi connectivity index (χ3v) is 4.90. The molecule has 1 aromatic carbocycles. The van der Waals surface area contributed by atoms with Gasteiger partial charge in [-0.15, -0.1) is 0 Å². The van der Waals surface area contributed by atoms with Crippen LogP contribution in [-0.4, -0.2) is 28.2 Å². The number of benzene rings is 1. The molecule has 5 nitrogen and oxygen atoms in total. The number of nitrogens with zero attached hydrogens (tertiary/aromatic N) is 1. The molecule has 0 amide bonds. The molecule has 1 aliphatic rings. The number of hydrogen-bond acceptors (Lipinski definition) is 4. The van der Waals surface area contributed by atoms with E-state index in [2.05, 4.69) is 4.72 Å². The predicted octanol–water partition coefficient (Wildman–Crippen LogP) is 1.96. The van der Waals surface area contributed by atoms with Crippen LogP contribution in [0.1, 0.15) is 30.4 Å². The van der Waals surface area contributed by atoms with Crippen LogP contribution in [-0.2, 0) is 14.8 Å². The summed E-state index contributed by atoms with van der Waals surface area (Å²) >= 11 is 0. The van der Waals surface area contributed by atoms with Crippen LogP contribution < -0.4 is 4.72 Å². The molecule has 1 N–H and O–H groups in total. The average Bonchev–Trinajstić information content (AvgIpc) is 3.26. The minimum atomic E-state index is -3.51. The molecule has 0 aliphatic heterocycles. The van der Waals surface area contributed by atoms with Gasteiger partial charge in [0.25, 0.3) is 0 Å². The van der Waals surface area contributed by atoms with Crippen molar-refractivity contribution in [3.05, 3.63) is 29.3 Å². The van der Waals surface area contributed by atoms with Crippen molar-refractivity contribution in [3.63, 3.8) is 0 Å². The second-order valence-electron chi connectivity index (χ2n) is 5.36. The summed E-state index contributed by atoms with van der Waals surface area (Å²) in [4.78, 5) is 0.192. The Balaban J connectivity index is 1.80. The summed E-state index contributed by atoms with van der Waals surface area (Å²) in [6.45, 7) is 3.45. The molecule has 21 heavy (non-hydrogen) atoms. The number of rotatable bonds is 8. The summed E-state index contributed by atoms with van der Waals surface area (Å²) in [6, 6.07) is 6.53. The van der Waals surface area contributed by atoms with E-state index >= 15 is 0 Å². The molecule has 114 valence electrons.